The highest BCUT2D eigenvalue weighted by Crippen LogP contribution is 2.43. The van der Waals surface area contributed by atoms with Crippen LogP contribution in [0.5, 0.6) is 0 Å². The Kier molecular flexibility index (Phi) is 6.97. The molecule has 0 saturated heterocycles. The number of fused-ring (bicyclic) bond motifs is 9. The smallest absolute Gasteiger partial charge is 0.227 e. The summed E-state index contributed by atoms with van der Waals surface area (Å²) in [5, 5.41) is 10.2. The van der Waals surface area contributed by atoms with Gasteiger partial charge in [0.15, 0.2) is 5.58 Å². The summed E-state index contributed by atoms with van der Waals surface area (Å²) in [6, 6.07) is 65.9. The summed E-state index contributed by atoms with van der Waals surface area (Å²) < 4.78 is 11.3. The molecule has 0 bridgehead atoms. The van der Waals surface area contributed by atoms with Crippen LogP contribution in [0.3, 0.4) is 0 Å². The van der Waals surface area contributed by atoms with E-state index in [2.05, 4.69) is 163 Å². The third kappa shape index (κ3) is 5.13. The summed E-state index contributed by atoms with van der Waals surface area (Å²) in [4.78, 5) is 7.09. The monoisotopic (exact) mass is 750 g/mol. The number of benzene rings is 9. The van der Waals surface area contributed by atoms with E-state index in [-0.39, 0.29) is 0 Å². The lowest BCUT2D eigenvalue weighted by molar-refractivity contribution is 0.620. The molecule has 9 aromatic carbocycles. The lowest BCUT2D eigenvalue weighted by atomic mass is 10.0. The topological polar surface area (TPSA) is 29.3 Å². The van der Waals surface area contributed by atoms with Crippen molar-refractivity contribution >= 4 is 113 Å². The van der Waals surface area contributed by atoms with Crippen LogP contribution in [0.1, 0.15) is 0 Å². The van der Waals surface area contributed by atoms with E-state index in [0.29, 0.717) is 5.89 Å². The Morgan fingerprint density at radius 3 is 1.46 bits per heavy atom. The number of hydrogen-bond donors (Lipinski definition) is 0. The van der Waals surface area contributed by atoms with Crippen molar-refractivity contribution in [2.75, 3.05) is 4.90 Å². The zero-order chi connectivity index (χ0) is 36.7. The predicted octanol–water partition coefficient (Wildman–Crippen LogP) is 15.7. The standard InChI is InChI=1S/C51H30N2OS2/c1-5-11-47-41(7-1)43-27-36-25-39(23-19-34(36)29-49(43)55-47)53(40-24-20-35-30-50-44(28-37(35)26-40)42-8-2-6-12-48(42)56-50)38-21-17-32(18-22-38)31-13-15-33(16-14-31)51-52-45-9-3-4-10-46(45)54-51/h1-30H. The minimum Gasteiger partial charge on any atom is -0.436 e. The summed E-state index contributed by atoms with van der Waals surface area (Å²) in [6.45, 7) is 0. The lowest BCUT2D eigenvalue weighted by Crippen LogP contribution is -2.09. The van der Waals surface area contributed by atoms with E-state index in [9.17, 15) is 0 Å². The van der Waals surface area contributed by atoms with Gasteiger partial charge in [0.25, 0.3) is 0 Å². The number of hydrogen-bond acceptors (Lipinski definition) is 5. The third-order valence-corrected chi connectivity index (χ3v) is 13.3. The van der Waals surface area contributed by atoms with E-state index < -0.39 is 0 Å². The first-order valence-electron chi connectivity index (χ1n) is 18.8. The number of aromatic nitrogens is 1. The molecule has 0 saturated carbocycles. The Morgan fingerprint density at radius 1 is 0.375 bits per heavy atom. The average Bonchev–Trinajstić information content (AvgIpc) is 3.95. The van der Waals surface area contributed by atoms with E-state index in [1.54, 1.807) is 0 Å². The van der Waals surface area contributed by atoms with Crippen LogP contribution in [-0.4, -0.2) is 4.98 Å². The van der Waals surface area contributed by atoms with Gasteiger partial charge in [-0.05, 0) is 130 Å². The van der Waals surface area contributed by atoms with E-state index in [1.807, 2.05) is 46.9 Å². The molecule has 12 aromatic rings. The largest absolute Gasteiger partial charge is 0.436 e. The molecule has 0 atom stereocenters. The van der Waals surface area contributed by atoms with Crippen molar-refractivity contribution in [1.29, 1.82) is 0 Å². The van der Waals surface area contributed by atoms with Crippen molar-refractivity contribution in [3.63, 3.8) is 0 Å². The van der Waals surface area contributed by atoms with Crippen LogP contribution in [0.4, 0.5) is 17.1 Å². The van der Waals surface area contributed by atoms with Gasteiger partial charge < -0.3 is 9.32 Å². The molecule has 0 radical (unpaired) electrons. The molecule has 0 spiro atoms. The molecule has 12 rings (SSSR count). The molecule has 3 heterocycles. The Bertz CT molecular complexity index is 3300. The molecule has 0 aliphatic carbocycles. The number of para-hydroxylation sites is 2. The van der Waals surface area contributed by atoms with Crippen LogP contribution in [0.2, 0.25) is 0 Å². The molecule has 0 aliphatic rings. The molecule has 5 heteroatoms. The first-order valence-corrected chi connectivity index (χ1v) is 20.4. The molecule has 3 aromatic heterocycles. The Hall–Kier alpha value is -6.79. The van der Waals surface area contributed by atoms with Gasteiger partial charge in [0.1, 0.15) is 5.52 Å². The fourth-order valence-corrected chi connectivity index (χ4v) is 10.5. The maximum absolute atomic E-state index is 6.04. The normalized spacial score (nSPS) is 11.9. The SMILES string of the molecule is c1ccc2oc(-c3ccc(-c4ccc(N(c5ccc6cc7sc8ccccc8c7cc6c5)c5ccc6cc7sc8ccccc8c7cc6c5)cc4)cc3)nc2c1. The van der Waals surface area contributed by atoms with Crippen molar-refractivity contribution in [1.82, 2.24) is 4.98 Å². The second-order valence-electron chi connectivity index (χ2n) is 14.4. The minimum atomic E-state index is 0.635. The fourth-order valence-electron chi connectivity index (χ4n) is 8.24. The van der Waals surface area contributed by atoms with Crippen LogP contribution in [0.25, 0.3) is 95.6 Å². The second-order valence-corrected chi connectivity index (χ2v) is 16.6. The molecule has 0 aliphatic heterocycles. The van der Waals surface area contributed by atoms with Crippen LogP contribution in [0.15, 0.2) is 186 Å². The van der Waals surface area contributed by atoms with Crippen molar-refractivity contribution in [3.05, 3.63) is 182 Å². The Balaban J connectivity index is 0.972. The zero-order valence-corrected chi connectivity index (χ0v) is 31.6. The summed E-state index contributed by atoms with van der Waals surface area (Å²) in [7, 11) is 0. The molecule has 0 amide bonds. The zero-order valence-electron chi connectivity index (χ0n) is 29.9. The molecule has 3 nitrogen and oxygen atoms in total. The maximum atomic E-state index is 6.04. The molecular weight excluding hydrogens is 721 g/mol. The van der Waals surface area contributed by atoms with Crippen LogP contribution in [-0.2, 0) is 0 Å². The van der Waals surface area contributed by atoms with Gasteiger partial charge in [-0.25, -0.2) is 4.98 Å². The van der Waals surface area contributed by atoms with Crippen molar-refractivity contribution in [3.8, 4) is 22.6 Å². The van der Waals surface area contributed by atoms with Gasteiger partial charge >= 0.3 is 0 Å². The summed E-state index contributed by atoms with van der Waals surface area (Å²) in [6.07, 6.45) is 0. The number of anilines is 3. The van der Waals surface area contributed by atoms with Gasteiger partial charge in [-0.15, -0.1) is 22.7 Å². The minimum absolute atomic E-state index is 0.635. The Labute approximate surface area is 329 Å². The first kappa shape index (κ1) is 31.5. The fraction of sp³-hybridized carbons (Fsp3) is 0. The number of rotatable bonds is 5. The van der Waals surface area contributed by atoms with Gasteiger partial charge in [0.05, 0.1) is 0 Å². The summed E-state index contributed by atoms with van der Waals surface area (Å²) >= 11 is 3.73. The molecule has 262 valence electrons. The lowest BCUT2D eigenvalue weighted by Gasteiger charge is -2.26. The number of oxazole rings is 1. The van der Waals surface area contributed by atoms with Gasteiger partial charge in [-0.1, -0.05) is 84.9 Å². The van der Waals surface area contributed by atoms with Crippen LogP contribution < -0.4 is 4.90 Å². The van der Waals surface area contributed by atoms with E-state index in [1.165, 1.54) is 61.9 Å². The van der Waals surface area contributed by atoms with Gasteiger partial charge in [0, 0.05) is 63.0 Å². The van der Waals surface area contributed by atoms with Gasteiger partial charge in [-0.3, -0.25) is 0 Å². The molecule has 0 N–H and O–H groups in total. The number of thiophene rings is 2. The third-order valence-electron chi connectivity index (χ3n) is 11.0. The predicted molar refractivity (Wildman–Crippen MR) is 240 cm³/mol. The number of nitrogens with zero attached hydrogens (tertiary/aromatic N) is 2. The quantitative estimate of drug-likeness (QED) is 0.175. The highest BCUT2D eigenvalue weighted by molar-refractivity contribution is 7.26. The van der Waals surface area contributed by atoms with Gasteiger partial charge in [-0.2, -0.15) is 0 Å². The average molecular weight is 751 g/mol. The van der Waals surface area contributed by atoms with Crippen LogP contribution >= 0.6 is 22.7 Å². The maximum Gasteiger partial charge on any atom is 0.227 e. The highest BCUT2D eigenvalue weighted by atomic mass is 32.1. The summed E-state index contributed by atoms with van der Waals surface area (Å²) in [5.74, 6) is 0.635. The van der Waals surface area contributed by atoms with E-state index >= 15 is 0 Å². The van der Waals surface area contributed by atoms with E-state index in [4.69, 9.17) is 9.40 Å². The molecule has 56 heavy (non-hydrogen) atoms. The highest BCUT2D eigenvalue weighted by Gasteiger charge is 2.17. The summed E-state index contributed by atoms with van der Waals surface area (Å²) in [5.41, 5.74) is 8.24. The second kappa shape index (κ2) is 12.4. The van der Waals surface area contributed by atoms with Crippen molar-refractivity contribution < 1.29 is 4.42 Å². The molecule has 0 fully saturated rings. The molecule has 0 unspecified atom stereocenters. The van der Waals surface area contributed by atoms with Crippen LogP contribution in [0, 0.1) is 0 Å². The van der Waals surface area contributed by atoms with Gasteiger partial charge in [0.2, 0.25) is 5.89 Å². The molecular formula is C51H30N2OS2. The van der Waals surface area contributed by atoms with Crippen molar-refractivity contribution in [2.24, 2.45) is 0 Å². The Morgan fingerprint density at radius 2 is 0.875 bits per heavy atom. The first-order chi connectivity index (χ1) is 27.7. The van der Waals surface area contributed by atoms with Crippen molar-refractivity contribution in [2.45, 2.75) is 0 Å². The van der Waals surface area contributed by atoms with E-state index in [0.717, 1.165) is 44.9 Å².